The van der Waals surface area contributed by atoms with Gasteiger partial charge in [-0.25, -0.2) is 4.98 Å². The van der Waals surface area contributed by atoms with E-state index in [0.29, 0.717) is 16.8 Å². The van der Waals surface area contributed by atoms with Crippen molar-refractivity contribution in [2.75, 3.05) is 18.8 Å². The van der Waals surface area contributed by atoms with Crippen LogP contribution in [0.1, 0.15) is 32.4 Å². The fourth-order valence-electron chi connectivity index (χ4n) is 2.30. The van der Waals surface area contributed by atoms with Crippen LogP contribution in [0.5, 0.6) is 0 Å². The molecule has 1 aromatic rings. The zero-order valence-electron chi connectivity index (χ0n) is 12.0. The molecule has 1 saturated heterocycles. The van der Waals surface area contributed by atoms with E-state index in [1.54, 1.807) is 0 Å². The summed E-state index contributed by atoms with van der Waals surface area (Å²) in [6, 6.07) is 1.42. The molecule has 110 valence electrons. The maximum atomic E-state index is 12.2. The van der Waals surface area contributed by atoms with E-state index in [1.165, 1.54) is 17.8 Å². The standard InChI is InChI=1S/C14H21N3O2S/c1-3-20-14-15-11(8-12(18)16-14)9-13(19)17-6-4-10(2)5-7-17/h8,10H,3-7,9H2,1-2H3,(H,15,16,18). The number of likely N-dealkylation sites (tertiary alicyclic amines) is 1. The first-order valence-corrected chi connectivity index (χ1v) is 8.08. The van der Waals surface area contributed by atoms with E-state index in [9.17, 15) is 9.59 Å². The van der Waals surface area contributed by atoms with Gasteiger partial charge in [0.05, 0.1) is 12.1 Å². The van der Waals surface area contributed by atoms with Crippen molar-refractivity contribution in [3.63, 3.8) is 0 Å². The zero-order valence-corrected chi connectivity index (χ0v) is 12.8. The first-order chi connectivity index (χ1) is 9.58. The lowest BCUT2D eigenvalue weighted by Crippen LogP contribution is -2.39. The fraction of sp³-hybridized carbons (Fsp3) is 0.643. The van der Waals surface area contributed by atoms with Gasteiger partial charge in [0, 0.05) is 19.2 Å². The summed E-state index contributed by atoms with van der Waals surface area (Å²) < 4.78 is 0. The lowest BCUT2D eigenvalue weighted by molar-refractivity contribution is -0.131. The lowest BCUT2D eigenvalue weighted by Gasteiger charge is -2.30. The third-order valence-corrected chi connectivity index (χ3v) is 4.28. The first-order valence-electron chi connectivity index (χ1n) is 7.09. The van der Waals surface area contributed by atoms with Gasteiger partial charge in [-0.15, -0.1) is 0 Å². The molecule has 0 radical (unpaired) electrons. The molecule has 1 amide bonds. The number of thioether (sulfide) groups is 1. The highest BCUT2D eigenvalue weighted by Gasteiger charge is 2.20. The van der Waals surface area contributed by atoms with Gasteiger partial charge in [0.1, 0.15) is 0 Å². The number of rotatable bonds is 4. The third-order valence-electron chi connectivity index (χ3n) is 3.52. The number of nitrogens with one attached hydrogen (secondary N) is 1. The summed E-state index contributed by atoms with van der Waals surface area (Å²) in [5.41, 5.74) is 0.374. The Balaban J connectivity index is 2.02. The maximum absolute atomic E-state index is 12.2. The summed E-state index contributed by atoms with van der Waals surface area (Å²) in [5.74, 6) is 1.61. The topological polar surface area (TPSA) is 66.1 Å². The van der Waals surface area contributed by atoms with Gasteiger partial charge in [0.2, 0.25) is 5.91 Å². The number of aromatic amines is 1. The molecule has 1 aromatic heterocycles. The van der Waals surface area contributed by atoms with Gasteiger partial charge in [-0.1, -0.05) is 25.6 Å². The van der Waals surface area contributed by atoms with Gasteiger partial charge < -0.3 is 9.88 Å². The minimum Gasteiger partial charge on any atom is -0.342 e. The Morgan fingerprint density at radius 2 is 2.20 bits per heavy atom. The molecule has 0 bridgehead atoms. The van der Waals surface area contributed by atoms with Crippen LogP contribution in [0.15, 0.2) is 16.0 Å². The van der Waals surface area contributed by atoms with E-state index in [2.05, 4.69) is 16.9 Å². The van der Waals surface area contributed by atoms with Crippen LogP contribution in [-0.4, -0.2) is 39.6 Å². The number of aromatic nitrogens is 2. The van der Waals surface area contributed by atoms with Crippen LogP contribution in [0.3, 0.4) is 0 Å². The van der Waals surface area contributed by atoms with Crippen molar-refractivity contribution < 1.29 is 4.79 Å². The van der Waals surface area contributed by atoms with Crippen LogP contribution < -0.4 is 5.56 Å². The molecule has 0 unspecified atom stereocenters. The summed E-state index contributed by atoms with van der Waals surface area (Å²) in [6.07, 6.45) is 2.34. The summed E-state index contributed by atoms with van der Waals surface area (Å²) in [7, 11) is 0. The highest BCUT2D eigenvalue weighted by Crippen LogP contribution is 2.17. The minimum absolute atomic E-state index is 0.0717. The van der Waals surface area contributed by atoms with E-state index < -0.39 is 0 Å². The maximum Gasteiger partial charge on any atom is 0.251 e. The minimum atomic E-state index is -0.189. The van der Waals surface area contributed by atoms with Gasteiger partial charge in [-0.3, -0.25) is 9.59 Å². The Bertz CT molecular complexity index is 521. The molecule has 0 atom stereocenters. The second-order valence-electron chi connectivity index (χ2n) is 5.21. The molecule has 1 aliphatic rings. The molecule has 0 saturated carbocycles. The quantitative estimate of drug-likeness (QED) is 0.678. The van der Waals surface area contributed by atoms with Gasteiger partial charge in [-0.05, 0) is 24.5 Å². The fourth-order valence-corrected chi connectivity index (χ4v) is 2.93. The van der Waals surface area contributed by atoms with Gasteiger partial charge in [0.25, 0.3) is 5.56 Å². The molecule has 2 heterocycles. The van der Waals surface area contributed by atoms with Crippen molar-refractivity contribution in [3.05, 3.63) is 22.1 Å². The lowest BCUT2D eigenvalue weighted by atomic mass is 9.99. The molecule has 0 aliphatic carbocycles. The van der Waals surface area contributed by atoms with Gasteiger partial charge in [-0.2, -0.15) is 0 Å². The number of piperidine rings is 1. The smallest absolute Gasteiger partial charge is 0.251 e. The molecule has 0 spiro atoms. The van der Waals surface area contributed by atoms with E-state index >= 15 is 0 Å². The average molecular weight is 295 g/mol. The first kappa shape index (κ1) is 15.1. The van der Waals surface area contributed by atoms with Crippen LogP contribution in [0.25, 0.3) is 0 Å². The SMILES string of the molecule is CCSc1nc(CC(=O)N2CCC(C)CC2)cc(=O)[nH]1. The normalized spacial score (nSPS) is 16.4. The van der Waals surface area contributed by atoms with Gasteiger partial charge >= 0.3 is 0 Å². The summed E-state index contributed by atoms with van der Waals surface area (Å²) in [4.78, 5) is 32.7. The Morgan fingerprint density at radius 1 is 1.50 bits per heavy atom. The molecule has 2 rings (SSSR count). The van der Waals surface area contributed by atoms with Crippen LogP contribution in [-0.2, 0) is 11.2 Å². The second-order valence-corrected chi connectivity index (χ2v) is 6.47. The number of H-pyrrole nitrogens is 1. The van der Waals surface area contributed by atoms with Crippen molar-refractivity contribution in [3.8, 4) is 0 Å². The molecule has 20 heavy (non-hydrogen) atoms. The molecular formula is C14H21N3O2S. The molecule has 6 heteroatoms. The van der Waals surface area contributed by atoms with E-state index in [-0.39, 0.29) is 17.9 Å². The highest BCUT2D eigenvalue weighted by molar-refractivity contribution is 7.99. The van der Waals surface area contributed by atoms with Crippen LogP contribution in [0.2, 0.25) is 0 Å². The second kappa shape index (κ2) is 6.92. The number of hydrogen-bond acceptors (Lipinski definition) is 4. The van der Waals surface area contributed by atoms with E-state index in [1.807, 2.05) is 11.8 Å². The molecule has 5 nitrogen and oxygen atoms in total. The van der Waals surface area contributed by atoms with Crippen LogP contribution >= 0.6 is 11.8 Å². The number of carbonyl (C=O) groups excluding carboxylic acids is 1. The number of amides is 1. The summed E-state index contributed by atoms with van der Waals surface area (Å²) in [5, 5.41) is 0.593. The van der Waals surface area contributed by atoms with E-state index in [4.69, 9.17) is 0 Å². The zero-order chi connectivity index (χ0) is 14.5. The number of nitrogens with zero attached hydrogens (tertiary/aromatic N) is 2. The molecule has 1 N–H and O–H groups in total. The van der Waals surface area contributed by atoms with Crippen molar-refractivity contribution >= 4 is 17.7 Å². The Kier molecular flexibility index (Phi) is 5.23. The molecule has 0 aromatic carbocycles. The van der Waals surface area contributed by atoms with Crippen molar-refractivity contribution in [2.24, 2.45) is 5.92 Å². The summed E-state index contributed by atoms with van der Waals surface area (Å²) >= 11 is 1.48. The van der Waals surface area contributed by atoms with Crippen molar-refractivity contribution in [1.82, 2.24) is 14.9 Å². The average Bonchev–Trinajstić information content (AvgIpc) is 2.39. The number of hydrogen-bond donors (Lipinski definition) is 1. The van der Waals surface area contributed by atoms with Crippen LogP contribution in [0, 0.1) is 5.92 Å². The Labute approximate surface area is 123 Å². The third kappa shape index (κ3) is 4.10. The predicted octanol–water partition coefficient (Wildman–Crippen LogP) is 1.68. The highest BCUT2D eigenvalue weighted by atomic mass is 32.2. The van der Waals surface area contributed by atoms with Crippen LogP contribution in [0.4, 0.5) is 0 Å². The monoisotopic (exact) mass is 295 g/mol. The molecule has 1 aliphatic heterocycles. The molecule has 1 fully saturated rings. The molecular weight excluding hydrogens is 274 g/mol. The van der Waals surface area contributed by atoms with Crippen molar-refractivity contribution in [2.45, 2.75) is 38.3 Å². The predicted molar refractivity (Wildman–Crippen MR) is 79.9 cm³/mol. The Hall–Kier alpha value is -1.30. The number of carbonyl (C=O) groups is 1. The largest absolute Gasteiger partial charge is 0.342 e. The van der Waals surface area contributed by atoms with E-state index in [0.717, 1.165) is 31.7 Å². The Morgan fingerprint density at radius 3 is 2.85 bits per heavy atom. The summed E-state index contributed by atoms with van der Waals surface area (Å²) in [6.45, 7) is 5.85. The van der Waals surface area contributed by atoms with Crippen molar-refractivity contribution in [1.29, 1.82) is 0 Å². The van der Waals surface area contributed by atoms with Gasteiger partial charge in [0.15, 0.2) is 5.16 Å².